The molecule has 0 bridgehead atoms. The molecule has 1 amide bonds. The summed E-state index contributed by atoms with van der Waals surface area (Å²) < 4.78 is 0. The van der Waals surface area contributed by atoms with Crippen LogP contribution in [0.1, 0.15) is 44.9 Å². The highest BCUT2D eigenvalue weighted by Crippen LogP contribution is 2.27. The topological polar surface area (TPSA) is 58.4 Å². The third kappa shape index (κ3) is 3.80. The minimum absolute atomic E-state index is 0.0804. The third-order valence-corrected chi connectivity index (χ3v) is 4.93. The van der Waals surface area contributed by atoms with Gasteiger partial charge in [-0.2, -0.15) is 0 Å². The second kappa shape index (κ2) is 7.14. The number of carbonyl (C=O) groups is 1. The maximum Gasteiger partial charge on any atom is 0.227 e. The molecule has 0 aromatic heterocycles. The molecule has 3 rings (SSSR count). The Morgan fingerprint density at radius 2 is 1.91 bits per heavy atom. The van der Waals surface area contributed by atoms with Gasteiger partial charge < -0.3 is 16.0 Å². The largest absolute Gasteiger partial charge is 0.371 e. The van der Waals surface area contributed by atoms with E-state index in [0.29, 0.717) is 0 Å². The number of hydrogen-bond donors (Lipinski definition) is 2. The summed E-state index contributed by atoms with van der Waals surface area (Å²) in [7, 11) is 0. The summed E-state index contributed by atoms with van der Waals surface area (Å²) in [5, 5.41) is 3.08. The van der Waals surface area contributed by atoms with E-state index >= 15 is 0 Å². The van der Waals surface area contributed by atoms with Gasteiger partial charge in [-0.3, -0.25) is 4.79 Å². The van der Waals surface area contributed by atoms with E-state index in [1.807, 2.05) is 12.1 Å². The summed E-state index contributed by atoms with van der Waals surface area (Å²) in [6, 6.07) is 8.47. The molecule has 22 heavy (non-hydrogen) atoms. The summed E-state index contributed by atoms with van der Waals surface area (Å²) in [6.45, 7) is 2.24. The van der Waals surface area contributed by atoms with Crippen LogP contribution in [0, 0.1) is 5.92 Å². The predicted molar refractivity (Wildman–Crippen MR) is 91.1 cm³/mol. The number of hydrogen-bond acceptors (Lipinski definition) is 3. The Morgan fingerprint density at radius 1 is 1.14 bits per heavy atom. The maximum atomic E-state index is 12.3. The average Bonchev–Trinajstić information content (AvgIpc) is 2.79. The Kier molecular flexibility index (Phi) is 4.98. The van der Waals surface area contributed by atoms with E-state index in [2.05, 4.69) is 22.3 Å². The zero-order valence-corrected chi connectivity index (χ0v) is 13.3. The van der Waals surface area contributed by atoms with Gasteiger partial charge in [-0.05, 0) is 50.3 Å². The number of carbonyl (C=O) groups excluding carboxylic acids is 1. The van der Waals surface area contributed by atoms with Gasteiger partial charge in [0.05, 0.1) is 0 Å². The highest BCUT2D eigenvalue weighted by atomic mass is 16.1. The van der Waals surface area contributed by atoms with Crippen LogP contribution >= 0.6 is 0 Å². The fourth-order valence-electron chi connectivity index (χ4n) is 3.61. The molecular formula is C18H27N3O. The van der Waals surface area contributed by atoms with Crippen molar-refractivity contribution in [1.82, 2.24) is 0 Å². The standard InChI is InChI=1S/C18H27N3O/c19-15-9-8-14(12-15)18(22)20-16-6-5-7-17(13-16)21-10-3-1-2-4-11-21/h5-7,13-15H,1-4,8-12,19H2,(H,20,22). The molecule has 2 atom stereocenters. The maximum absolute atomic E-state index is 12.3. The molecule has 1 aliphatic carbocycles. The zero-order valence-electron chi connectivity index (χ0n) is 13.3. The average molecular weight is 301 g/mol. The predicted octanol–water partition coefficient (Wildman–Crippen LogP) is 3.13. The lowest BCUT2D eigenvalue weighted by atomic mass is 10.1. The Bertz CT molecular complexity index is 509. The number of benzene rings is 1. The van der Waals surface area contributed by atoms with E-state index in [9.17, 15) is 4.79 Å². The van der Waals surface area contributed by atoms with Crippen molar-refractivity contribution in [3.63, 3.8) is 0 Å². The van der Waals surface area contributed by atoms with Crippen LogP contribution in [0.3, 0.4) is 0 Å². The van der Waals surface area contributed by atoms with Crippen LogP contribution in [0.25, 0.3) is 0 Å². The molecule has 4 heteroatoms. The van der Waals surface area contributed by atoms with Gasteiger partial charge in [-0.25, -0.2) is 0 Å². The van der Waals surface area contributed by atoms with Crippen molar-refractivity contribution < 1.29 is 4.79 Å². The SMILES string of the molecule is NC1CCC(C(=O)Nc2cccc(N3CCCCCC3)c2)C1. The Balaban J connectivity index is 1.64. The molecule has 2 fully saturated rings. The first-order chi connectivity index (χ1) is 10.7. The second-order valence-electron chi connectivity index (χ2n) is 6.71. The molecule has 4 nitrogen and oxygen atoms in total. The molecule has 1 saturated carbocycles. The highest BCUT2D eigenvalue weighted by molar-refractivity contribution is 5.93. The highest BCUT2D eigenvalue weighted by Gasteiger charge is 2.27. The van der Waals surface area contributed by atoms with E-state index in [0.717, 1.165) is 38.0 Å². The summed E-state index contributed by atoms with van der Waals surface area (Å²) in [5.41, 5.74) is 8.04. The third-order valence-electron chi connectivity index (χ3n) is 4.93. The molecule has 1 heterocycles. The van der Waals surface area contributed by atoms with Crippen molar-refractivity contribution in [2.75, 3.05) is 23.3 Å². The summed E-state index contributed by atoms with van der Waals surface area (Å²) in [5.74, 6) is 0.206. The van der Waals surface area contributed by atoms with Crippen LogP contribution in [-0.4, -0.2) is 25.0 Å². The van der Waals surface area contributed by atoms with Crippen LogP contribution < -0.4 is 16.0 Å². The summed E-state index contributed by atoms with van der Waals surface area (Å²) >= 11 is 0. The van der Waals surface area contributed by atoms with Crippen molar-refractivity contribution in [3.05, 3.63) is 24.3 Å². The number of nitrogens with zero attached hydrogens (tertiary/aromatic N) is 1. The van der Waals surface area contributed by atoms with E-state index in [-0.39, 0.29) is 17.9 Å². The van der Waals surface area contributed by atoms with Crippen LogP contribution in [0.5, 0.6) is 0 Å². The Labute approximate surface area is 133 Å². The van der Waals surface area contributed by atoms with Crippen LogP contribution in [0.4, 0.5) is 11.4 Å². The Morgan fingerprint density at radius 3 is 2.59 bits per heavy atom. The lowest BCUT2D eigenvalue weighted by molar-refractivity contribution is -0.119. The van der Waals surface area contributed by atoms with Crippen LogP contribution in [0.2, 0.25) is 0 Å². The number of amides is 1. The van der Waals surface area contributed by atoms with Crippen molar-refractivity contribution >= 4 is 17.3 Å². The first kappa shape index (κ1) is 15.3. The van der Waals surface area contributed by atoms with E-state index in [1.165, 1.54) is 31.4 Å². The molecule has 2 unspecified atom stereocenters. The molecule has 0 radical (unpaired) electrons. The summed E-state index contributed by atoms with van der Waals surface area (Å²) in [4.78, 5) is 14.8. The molecular weight excluding hydrogens is 274 g/mol. The fraction of sp³-hybridized carbons (Fsp3) is 0.611. The zero-order chi connectivity index (χ0) is 15.4. The smallest absolute Gasteiger partial charge is 0.227 e. The van der Waals surface area contributed by atoms with E-state index in [4.69, 9.17) is 5.73 Å². The minimum atomic E-state index is 0.0804. The molecule has 1 aromatic rings. The molecule has 1 saturated heterocycles. The van der Waals surface area contributed by atoms with Gasteiger partial charge in [0, 0.05) is 36.4 Å². The molecule has 1 aromatic carbocycles. The second-order valence-corrected chi connectivity index (χ2v) is 6.71. The molecule has 0 spiro atoms. The van der Waals surface area contributed by atoms with Gasteiger partial charge in [-0.15, -0.1) is 0 Å². The van der Waals surface area contributed by atoms with Gasteiger partial charge in [0.25, 0.3) is 0 Å². The quantitative estimate of drug-likeness (QED) is 0.901. The molecule has 1 aliphatic heterocycles. The van der Waals surface area contributed by atoms with Gasteiger partial charge in [-0.1, -0.05) is 18.9 Å². The van der Waals surface area contributed by atoms with Crippen LogP contribution in [0.15, 0.2) is 24.3 Å². The fourth-order valence-corrected chi connectivity index (χ4v) is 3.61. The van der Waals surface area contributed by atoms with E-state index in [1.54, 1.807) is 0 Å². The normalized spacial score (nSPS) is 25.8. The number of nitrogens with two attached hydrogens (primary N) is 1. The van der Waals surface area contributed by atoms with Gasteiger partial charge in [0.15, 0.2) is 0 Å². The van der Waals surface area contributed by atoms with Gasteiger partial charge in [0.1, 0.15) is 0 Å². The lowest BCUT2D eigenvalue weighted by Crippen LogP contribution is -2.25. The number of nitrogens with one attached hydrogen (secondary N) is 1. The van der Waals surface area contributed by atoms with Gasteiger partial charge >= 0.3 is 0 Å². The lowest BCUT2D eigenvalue weighted by Gasteiger charge is -2.23. The summed E-state index contributed by atoms with van der Waals surface area (Å²) in [6.07, 6.45) is 7.87. The van der Waals surface area contributed by atoms with Crippen molar-refractivity contribution in [2.24, 2.45) is 11.7 Å². The first-order valence-corrected chi connectivity index (χ1v) is 8.64. The van der Waals surface area contributed by atoms with Crippen molar-refractivity contribution in [3.8, 4) is 0 Å². The van der Waals surface area contributed by atoms with Crippen LogP contribution in [-0.2, 0) is 4.79 Å². The van der Waals surface area contributed by atoms with Crippen molar-refractivity contribution in [2.45, 2.75) is 51.0 Å². The van der Waals surface area contributed by atoms with Crippen molar-refractivity contribution in [1.29, 1.82) is 0 Å². The monoisotopic (exact) mass is 301 g/mol. The molecule has 3 N–H and O–H groups in total. The first-order valence-electron chi connectivity index (χ1n) is 8.64. The van der Waals surface area contributed by atoms with E-state index < -0.39 is 0 Å². The molecule has 2 aliphatic rings. The number of rotatable bonds is 3. The Hall–Kier alpha value is -1.55. The minimum Gasteiger partial charge on any atom is -0.371 e. The molecule has 120 valence electrons. The number of anilines is 2. The van der Waals surface area contributed by atoms with Gasteiger partial charge in [0.2, 0.25) is 5.91 Å².